The zero-order valence-electron chi connectivity index (χ0n) is 21.6. The van der Waals surface area contributed by atoms with Gasteiger partial charge in [0.15, 0.2) is 0 Å². The van der Waals surface area contributed by atoms with Crippen molar-refractivity contribution in [2.24, 2.45) is 7.05 Å². The minimum absolute atomic E-state index is 0.159. The van der Waals surface area contributed by atoms with Crippen LogP contribution in [0.1, 0.15) is 23.6 Å². The molecule has 40 heavy (non-hydrogen) atoms. The van der Waals surface area contributed by atoms with E-state index in [0.29, 0.717) is 34.9 Å². The van der Waals surface area contributed by atoms with E-state index >= 15 is 0 Å². The van der Waals surface area contributed by atoms with Crippen LogP contribution in [0.15, 0.2) is 92.9 Å². The molecule has 0 radical (unpaired) electrons. The van der Waals surface area contributed by atoms with Gasteiger partial charge in [0.2, 0.25) is 5.91 Å². The highest BCUT2D eigenvalue weighted by Gasteiger charge is 2.61. The van der Waals surface area contributed by atoms with Crippen LogP contribution in [-0.4, -0.2) is 31.8 Å². The van der Waals surface area contributed by atoms with Gasteiger partial charge in [-0.3, -0.25) is 19.1 Å². The molecule has 198 valence electrons. The summed E-state index contributed by atoms with van der Waals surface area (Å²) in [4.78, 5) is 45.7. The number of halogens is 1. The lowest BCUT2D eigenvalue weighted by atomic mass is 9.68. The zero-order chi connectivity index (χ0) is 27.8. The number of nitrogens with zero attached hydrogens (tertiary/aromatic N) is 4. The zero-order valence-corrected chi connectivity index (χ0v) is 23.2. The Bertz CT molecular complexity index is 1960. The number of carbonyl (C=O) groups is 1. The van der Waals surface area contributed by atoms with Crippen molar-refractivity contribution >= 4 is 39.2 Å². The number of hydrogen-bond acceptors (Lipinski definition) is 5. The Morgan fingerprint density at radius 3 is 2.30 bits per heavy atom. The molecule has 0 fully saturated rings. The third-order valence-electron chi connectivity index (χ3n) is 7.78. The summed E-state index contributed by atoms with van der Waals surface area (Å²) >= 11 is 3.60. The SMILES string of the molecule is CCN1C(=O)C2(c3cc(Br)ccc31)c1c(-c3ccccc3)nn(-c3ccccc3)c1Nc1c2c(=O)[nH]c(=O)n1C. The Hall–Kier alpha value is -4.70. The quantitative estimate of drug-likeness (QED) is 0.321. The minimum Gasteiger partial charge on any atom is -0.325 e. The molecule has 2 aliphatic heterocycles. The summed E-state index contributed by atoms with van der Waals surface area (Å²) in [7, 11) is 1.57. The average Bonchev–Trinajstić information content (AvgIpc) is 3.46. The first-order valence-electron chi connectivity index (χ1n) is 12.8. The lowest BCUT2D eigenvalue weighted by molar-refractivity contribution is -0.120. The summed E-state index contributed by atoms with van der Waals surface area (Å²) in [5.41, 5.74) is 1.38. The Morgan fingerprint density at radius 2 is 1.60 bits per heavy atom. The predicted molar refractivity (Wildman–Crippen MR) is 157 cm³/mol. The molecule has 10 heteroatoms. The number of H-pyrrole nitrogens is 1. The third kappa shape index (κ3) is 3.07. The number of benzene rings is 3. The largest absolute Gasteiger partial charge is 0.329 e. The summed E-state index contributed by atoms with van der Waals surface area (Å²) in [6.07, 6.45) is 0. The van der Waals surface area contributed by atoms with Crippen LogP contribution in [0, 0.1) is 0 Å². The van der Waals surface area contributed by atoms with Gasteiger partial charge in [0.05, 0.1) is 16.9 Å². The standard InChI is InChI=1S/C30H23BrN6O3/c1-3-36-21-15-14-18(31)16-20(21)30(28(36)39)22-24(17-10-6-4-7-11-17)34-37(19-12-8-5-9-13-19)26(22)32-25-23(30)27(38)33-29(40)35(25)2/h4-16,32H,3H2,1-2H3,(H,33,38,40). The van der Waals surface area contributed by atoms with Gasteiger partial charge in [-0.1, -0.05) is 64.5 Å². The van der Waals surface area contributed by atoms with Crippen molar-refractivity contribution in [1.82, 2.24) is 19.3 Å². The number of fused-ring (bicyclic) bond motifs is 6. The Morgan fingerprint density at radius 1 is 0.900 bits per heavy atom. The van der Waals surface area contributed by atoms with Crippen molar-refractivity contribution in [2.45, 2.75) is 12.3 Å². The van der Waals surface area contributed by atoms with Crippen LogP contribution in [-0.2, 0) is 17.3 Å². The Labute approximate surface area is 236 Å². The molecule has 1 spiro atoms. The second-order valence-corrected chi connectivity index (χ2v) is 10.7. The van der Waals surface area contributed by atoms with Gasteiger partial charge in [0, 0.05) is 40.4 Å². The second kappa shape index (κ2) is 8.65. The van der Waals surface area contributed by atoms with E-state index in [2.05, 4.69) is 26.2 Å². The molecule has 3 aromatic carbocycles. The van der Waals surface area contributed by atoms with Gasteiger partial charge in [-0.05, 0) is 37.3 Å². The number of rotatable bonds is 3. The van der Waals surface area contributed by atoms with E-state index in [1.165, 1.54) is 4.57 Å². The fourth-order valence-corrected chi connectivity index (χ4v) is 6.42. The molecule has 7 rings (SSSR count). The Kier molecular flexibility index (Phi) is 5.27. The van der Waals surface area contributed by atoms with Gasteiger partial charge >= 0.3 is 5.69 Å². The molecule has 4 heterocycles. The highest BCUT2D eigenvalue weighted by atomic mass is 79.9. The first-order valence-corrected chi connectivity index (χ1v) is 13.6. The maximum Gasteiger partial charge on any atom is 0.329 e. The van der Waals surface area contributed by atoms with E-state index in [9.17, 15) is 14.4 Å². The highest BCUT2D eigenvalue weighted by molar-refractivity contribution is 9.10. The van der Waals surface area contributed by atoms with E-state index in [1.807, 2.05) is 85.8 Å². The number of likely N-dealkylation sites (N-methyl/N-ethyl adjacent to an activating group) is 1. The van der Waals surface area contributed by atoms with Gasteiger partial charge in [-0.25, -0.2) is 9.48 Å². The molecule has 1 atom stereocenters. The minimum atomic E-state index is -1.58. The van der Waals surface area contributed by atoms with Crippen LogP contribution < -0.4 is 21.5 Å². The lowest BCUT2D eigenvalue weighted by Crippen LogP contribution is -2.50. The highest BCUT2D eigenvalue weighted by Crippen LogP contribution is 2.58. The Balaban J connectivity index is 1.73. The molecule has 2 aliphatic rings. The monoisotopic (exact) mass is 594 g/mol. The normalized spacial score (nSPS) is 17.0. The molecule has 2 aromatic heterocycles. The summed E-state index contributed by atoms with van der Waals surface area (Å²) in [5, 5.41) is 8.43. The average molecular weight is 595 g/mol. The lowest BCUT2D eigenvalue weighted by Gasteiger charge is -2.36. The van der Waals surface area contributed by atoms with Crippen molar-refractivity contribution in [1.29, 1.82) is 0 Å². The summed E-state index contributed by atoms with van der Waals surface area (Å²) < 4.78 is 3.84. The fraction of sp³-hybridized carbons (Fsp3) is 0.133. The van der Waals surface area contributed by atoms with E-state index < -0.39 is 16.7 Å². The molecule has 9 nitrogen and oxygen atoms in total. The number of amides is 1. The van der Waals surface area contributed by atoms with Gasteiger partial charge in [-0.2, -0.15) is 5.10 Å². The molecule has 0 saturated heterocycles. The van der Waals surface area contributed by atoms with Crippen LogP contribution in [0.3, 0.4) is 0 Å². The van der Waals surface area contributed by atoms with Crippen molar-refractivity contribution in [3.05, 3.63) is 121 Å². The predicted octanol–water partition coefficient (Wildman–Crippen LogP) is 4.45. The van der Waals surface area contributed by atoms with Crippen LogP contribution >= 0.6 is 15.9 Å². The number of carbonyl (C=O) groups excluding carboxylic acids is 1. The van der Waals surface area contributed by atoms with Gasteiger partial charge in [-0.15, -0.1) is 0 Å². The topological polar surface area (TPSA) is 105 Å². The number of hydrogen-bond donors (Lipinski definition) is 2. The second-order valence-electron chi connectivity index (χ2n) is 9.81. The maximum atomic E-state index is 14.9. The van der Waals surface area contributed by atoms with Crippen LogP contribution in [0.25, 0.3) is 16.9 Å². The van der Waals surface area contributed by atoms with Gasteiger partial charge in [0.1, 0.15) is 17.1 Å². The van der Waals surface area contributed by atoms with Gasteiger partial charge < -0.3 is 10.2 Å². The molecule has 0 aliphatic carbocycles. The molecule has 0 bridgehead atoms. The first kappa shape index (κ1) is 24.3. The van der Waals surface area contributed by atoms with Gasteiger partial charge in [0.25, 0.3) is 5.56 Å². The summed E-state index contributed by atoms with van der Waals surface area (Å²) in [6.45, 7) is 2.30. The number of para-hydroxylation sites is 1. The van der Waals surface area contributed by atoms with Crippen LogP contribution in [0.5, 0.6) is 0 Å². The molecule has 1 amide bonds. The molecular weight excluding hydrogens is 572 g/mol. The van der Waals surface area contributed by atoms with Crippen LogP contribution in [0.4, 0.5) is 17.3 Å². The molecule has 5 aromatic rings. The third-order valence-corrected chi connectivity index (χ3v) is 8.27. The van der Waals surface area contributed by atoms with Crippen LogP contribution in [0.2, 0.25) is 0 Å². The van der Waals surface area contributed by atoms with E-state index in [0.717, 1.165) is 15.7 Å². The number of aromatic nitrogens is 4. The van der Waals surface area contributed by atoms with Crippen molar-refractivity contribution in [3.63, 3.8) is 0 Å². The molecule has 0 saturated carbocycles. The van der Waals surface area contributed by atoms with Crippen molar-refractivity contribution in [3.8, 4) is 16.9 Å². The number of anilines is 3. The summed E-state index contributed by atoms with van der Waals surface area (Å²) in [6, 6.07) is 24.8. The van der Waals surface area contributed by atoms with E-state index in [-0.39, 0.29) is 17.3 Å². The molecule has 2 N–H and O–H groups in total. The van der Waals surface area contributed by atoms with Crippen molar-refractivity contribution < 1.29 is 4.79 Å². The first-order chi connectivity index (χ1) is 19.4. The smallest absolute Gasteiger partial charge is 0.325 e. The fourth-order valence-electron chi connectivity index (χ4n) is 6.06. The number of nitrogens with one attached hydrogen (secondary N) is 2. The summed E-state index contributed by atoms with van der Waals surface area (Å²) in [5.74, 6) is 0.478. The maximum absolute atomic E-state index is 14.9. The molecule has 1 unspecified atom stereocenters. The van der Waals surface area contributed by atoms with E-state index in [4.69, 9.17) is 5.10 Å². The van der Waals surface area contributed by atoms with Crippen molar-refractivity contribution in [2.75, 3.05) is 16.8 Å². The van der Waals surface area contributed by atoms with E-state index in [1.54, 1.807) is 16.6 Å². The molecular formula is C30H23BrN6O3. The number of aromatic amines is 1.